The van der Waals surface area contributed by atoms with Gasteiger partial charge in [-0.2, -0.15) is 0 Å². The molecule has 2 aromatic carbocycles. The predicted octanol–water partition coefficient (Wildman–Crippen LogP) is 3.29. The summed E-state index contributed by atoms with van der Waals surface area (Å²) in [6, 6.07) is 11.4. The van der Waals surface area contributed by atoms with Crippen LogP contribution < -0.4 is 5.32 Å². The van der Waals surface area contributed by atoms with E-state index in [1.165, 1.54) is 0 Å². The number of carbonyl (C=O) groups excluding carboxylic acids is 3. The Morgan fingerprint density at radius 1 is 1.14 bits per heavy atom. The maximum absolute atomic E-state index is 12.6. The van der Waals surface area contributed by atoms with Gasteiger partial charge in [0.1, 0.15) is 0 Å². The Morgan fingerprint density at radius 3 is 2.48 bits per heavy atom. The molecule has 2 aromatic rings. The molecule has 0 bridgehead atoms. The molecule has 1 heterocycles. The Hall–Kier alpha value is -3.25. The lowest BCUT2D eigenvalue weighted by atomic mass is 9.90. The van der Waals surface area contributed by atoms with E-state index in [0.29, 0.717) is 23.3 Å². The average molecular weight is 393 g/mol. The summed E-state index contributed by atoms with van der Waals surface area (Å²) < 4.78 is 11.0. The van der Waals surface area contributed by atoms with Crippen molar-refractivity contribution in [3.8, 4) is 0 Å². The normalized spacial score (nSPS) is 14.9. The van der Waals surface area contributed by atoms with Crippen molar-refractivity contribution in [3.05, 3.63) is 65.3 Å². The van der Waals surface area contributed by atoms with E-state index < -0.39 is 24.1 Å². The second kappa shape index (κ2) is 8.41. The van der Waals surface area contributed by atoms with Gasteiger partial charge in [0, 0.05) is 24.2 Å². The second-order valence-electron chi connectivity index (χ2n) is 6.88. The van der Waals surface area contributed by atoms with Crippen LogP contribution in [0.15, 0.2) is 54.1 Å². The third-order valence-electron chi connectivity index (χ3n) is 4.76. The standard InChI is InChI=1S/C23H23NO5/c1-5-28-18(29-23(27)13(2)3)12-16-11-10-15-8-6-7-9-17(15)20(16)19-14(4)21(25)24-22(19)26/h6-11,18H,2,5,12H2,1,3-4H3,(H,24,25,26). The molecule has 0 aromatic heterocycles. The summed E-state index contributed by atoms with van der Waals surface area (Å²) in [7, 11) is 0. The molecule has 0 aliphatic carbocycles. The van der Waals surface area contributed by atoms with E-state index in [2.05, 4.69) is 11.9 Å². The van der Waals surface area contributed by atoms with E-state index in [1.807, 2.05) is 36.4 Å². The van der Waals surface area contributed by atoms with E-state index in [9.17, 15) is 14.4 Å². The van der Waals surface area contributed by atoms with Crippen molar-refractivity contribution in [1.82, 2.24) is 5.32 Å². The zero-order valence-electron chi connectivity index (χ0n) is 16.7. The van der Waals surface area contributed by atoms with Crippen LogP contribution in [0.2, 0.25) is 0 Å². The molecule has 0 spiro atoms. The quantitative estimate of drug-likeness (QED) is 0.338. The Balaban J connectivity index is 2.13. The molecule has 150 valence electrons. The van der Waals surface area contributed by atoms with Crippen LogP contribution in [0.4, 0.5) is 0 Å². The van der Waals surface area contributed by atoms with Gasteiger partial charge in [-0.05, 0) is 42.7 Å². The van der Waals surface area contributed by atoms with Gasteiger partial charge in [-0.15, -0.1) is 0 Å². The number of benzene rings is 2. The van der Waals surface area contributed by atoms with Crippen molar-refractivity contribution in [2.45, 2.75) is 33.5 Å². The number of nitrogens with one attached hydrogen (secondary N) is 1. The Bertz CT molecular complexity index is 1050. The molecule has 0 radical (unpaired) electrons. The number of ether oxygens (including phenoxy) is 2. The highest BCUT2D eigenvalue weighted by atomic mass is 16.7. The molecule has 1 aliphatic rings. The first kappa shape index (κ1) is 20.5. The molecule has 1 unspecified atom stereocenters. The number of hydrogen-bond donors (Lipinski definition) is 1. The van der Waals surface area contributed by atoms with Crippen LogP contribution in [-0.4, -0.2) is 30.7 Å². The lowest BCUT2D eigenvalue weighted by Gasteiger charge is -2.21. The van der Waals surface area contributed by atoms with Crippen molar-refractivity contribution in [1.29, 1.82) is 0 Å². The fourth-order valence-electron chi connectivity index (χ4n) is 3.35. The Kier molecular flexibility index (Phi) is 5.94. The van der Waals surface area contributed by atoms with Gasteiger partial charge in [-0.3, -0.25) is 14.9 Å². The zero-order valence-corrected chi connectivity index (χ0v) is 16.7. The van der Waals surface area contributed by atoms with Gasteiger partial charge in [-0.25, -0.2) is 4.79 Å². The van der Waals surface area contributed by atoms with Gasteiger partial charge in [0.15, 0.2) is 0 Å². The summed E-state index contributed by atoms with van der Waals surface area (Å²) in [4.78, 5) is 36.6. The van der Waals surface area contributed by atoms with Gasteiger partial charge < -0.3 is 9.47 Å². The number of fused-ring (bicyclic) bond motifs is 1. The Morgan fingerprint density at radius 2 is 1.86 bits per heavy atom. The van der Waals surface area contributed by atoms with Crippen molar-refractivity contribution < 1.29 is 23.9 Å². The van der Waals surface area contributed by atoms with Gasteiger partial charge >= 0.3 is 5.97 Å². The fourth-order valence-corrected chi connectivity index (χ4v) is 3.35. The number of carbonyl (C=O) groups is 3. The van der Waals surface area contributed by atoms with Gasteiger partial charge in [0.2, 0.25) is 6.29 Å². The van der Waals surface area contributed by atoms with Crippen molar-refractivity contribution in [2.75, 3.05) is 6.61 Å². The molecule has 1 N–H and O–H groups in total. The largest absolute Gasteiger partial charge is 0.432 e. The zero-order chi connectivity index (χ0) is 21.1. The van der Waals surface area contributed by atoms with Crippen LogP contribution in [0.1, 0.15) is 31.9 Å². The molecule has 29 heavy (non-hydrogen) atoms. The predicted molar refractivity (Wildman–Crippen MR) is 110 cm³/mol. The van der Waals surface area contributed by atoms with Crippen LogP contribution in [0.25, 0.3) is 16.3 Å². The molecule has 6 heteroatoms. The number of hydrogen-bond acceptors (Lipinski definition) is 5. The highest BCUT2D eigenvalue weighted by Crippen LogP contribution is 2.34. The molecule has 1 atom stereocenters. The minimum Gasteiger partial charge on any atom is -0.432 e. The fraction of sp³-hybridized carbons (Fsp3) is 0.261. The minimum absolute atomic E-state index is 0.227. The number of amides is 2. The van der Waals surface area contributed by atoms with Crippen LogP contribution >= 0.6 is 0 Å². The third-order valence-corrected chi connectivity index (χ3v) is 4.76. The smallest absolute Gasteiger partial charge is 0.335 e. The number of esters is 1. The first-order chi connectivity index (χ1) is 13.8. The van der Waals surface area contributed by atoms with E-state index in [0.717, 1.165) is 16.3 Å². The molecule has 1 aliphatic heterocycles. The van der Waals surface area contributed by atoms with Crippen LogP contribution in [-0.2, 0) is 30.3 Å². The molecular weight excluding hydrogens is 370 g/mol. The molecule has 3 rings (SSSR count). The van der Waals surface area contributed by atoms with Gasteiger partial charge in [-0.1, -0.05) is 43.0 Å². The van der Waals surface area contributed by atoms with Gasteiger partial charge in [0.05, 0.1) is 5.57 Å². The van der Waals surface area contributed by atoms with Crippen molar-refractivity contribution >= 4 is 34.1 Å². The summed E-state index contributed by atoms with van der Waals surface area (Å²) in [5, 5.41) is 4.13. The summed E-state index contributed by atoms with van der Waals surface area (Å²) in [6.45, 7) is 8.94. The number of imide groups is 1. The Labute approximate surface area is 169 Å². The lowest BCUT2D eigenvalue weighted by Crippen LogP contribution is -2.25. The van der Waals surface area contributed by atoms with E-state index in [1.54, 1.807) is 20.8 Å². The first-order valence-electron chi connectivity index (χ1n) is 9.39. The van der Waals surface area contributed by atoms with E-state index in [-0.39, 0.29) is 12.0 Å². The number of rotatable bonds is 7. The summed E-state index contributed by atoms with van der Waals surface area (Å²) >= 11 is 0. The topological polar surface area (TPSA) is 81.7 Å². The molecule has 0 fully saturated rings. The van der Waals surface area contributed by atoms with E-state index in [4.69, 9.17) is 9.47 Å². The second-order valence-corrected chi connectivity index (χ2v) is 6.88. The average Bonchev–Trinajstić information content (AvgIpc) is 2.93. The molecule has 6 nitrogen and oxygen atoms in total. The highest BCUT2D eigenvalue weighted by molar-refractivity contribution is 6.37. The molecule has 0 saturated heterocycles. The SMILES string of the molecule is C=C(C)C(=O)OC(Cc1ccc2ccccc2c1C1=C(C)C(=O)NC1=O)OCC. The summed E-state index contributed by atoms with van der Waals surface area (Å²) in [5.74, 6) is -1.38. The van der Waals surface area contributed by atoms with Crippen LogP contribution in [0.5, 0.6) is 0 Å². The van der Waals surface area contributed by atoms with Crippen molar-refractivity contribution in [3.63, 3.8) is 0 Å². The van der Waals surface area contributed by atoms with Gasteiger partial charge in [0.25, 0.3) is 11.8 Å². The van der Waals surface area contributed by atoms with Crippen LogP contribution in [0, 0.1) is 0 Å². The maximum atomic E-state index is 12.6. The summed E-state index contributed by atoms with van der Waals surface area (Å²) in [6.07, 6.45) is -0.615. The third kappa shape index (κ3) is 4.12. The van der Waals surface area contributed by atoms with E-state index >= 15 is 0 Å². The monoisotopic (exact) mass is 393 g/mol. The van der Waals surface area contributed by atoms with Crippen molar-refractivity contribution in [2.24, 2.45) is 0 Å². The minimum atomic E-state index is -0.842. The first-order valence-corrected chi connectivity index (χ1v) is 9.39. The maximum Gasteiger partial charge on any atom is 0.335 e. The highest BCUT2D eigenvalue weighted by Gasteiger charge is 2.31. The molecular formula is C23H23NO5. The lowest BCUT2D eigenvalue weighted by molar-refractivity contribution is -0.172. The molecule has 0 saturated carbocycles. The summed E-state index contributed by atoms with van der Waals surface area (Å²) in [5.41, 5.74) is 2.37. The molecule has 2 amide bonds. The van der Waals surface area contributed by atoms with Crippen LogP contribution in [0.3, 0.4) is 0 Å².